The van der Waals surface area contributed by atoms with Gasteiger partial charge in [0.1, 0.15) is 4.83 Å². The van der Waals surface area contributed by atoms with Crippen LogP contribution < -0.4 is 5.56 Å². The number of fused-ring (bicyclic) bond motifs is 3. The number of hydrogen-bond acceptors (Lipinski definition) is 3. The van der Waals surface area contributed by atoms with E-state index in [1.165, 1.54) is 16.9 Å². The fourth-order valence-electron chi connectivity index (χ4n) is 3.35. The molecule has 0 saturated heterocycles. The Labute approximate surface area is 127 Å². The van der Waals surface area contributed by atoms with Gasteiger partial charge >= 0.3 is 0 Å². The Balaban J connectivity index is 2.34. The number of nitrogens with one attached hydrogen (secondary N) is 1. The Hall–Kier alpha value is -0.940. The third kappa shape index (κ3) is 1.99. The van der Waals surface area contributed by atoms with E-state index in [9.17, 15) is 4.79 Å². The van der Waals surface area contributed by atoms with Gasteiger partial charge in [-0.1, -0.05) is 13.3 Å². The molecule has 108 valence electrons. The smallest absolute Gasteiger partial charge is 0.263 e. The standard InChI is InChI=1S/C15H20N2OS2/c1-4-8-15(2,3)17-13(18)11-9-6-5-7-10(9)20-12(11)16-14(17)19/h4-8H2,1-3H3,(H,16,19). The third-order valence-corrected chi connectivity index (χ3v) is 5.72. The van der Waals surface area contributed by atoms with E-state index < -0.39 is 0 Å². The summed E-state index contributed by atoms with van der Waals surface area (Å²) in [5.41, 5.74) is 1.13. The van der Waals surface area contributed by atoms with Crippen molar-refractivity contribution >= 4 is 33.8 Å². The Kier molecular flexibility index (Phi) is 3.37. The van der Waals surface area contributed by atoms with E-state index >= 15 is 0 Å². The summed E-state index contributed by atoms with van der Waals surface area (Å²) in [6.45, 7) is 6.33. The highest BCUT2D eigenvalue weighted by Crippen LogP contribution is 2.35. The highest BCUT2D eigenvalue weighted by Gasteiger charge is 2.26. The van der Waals surface area contributed by atoms with Gasteiger partial charge in [-0.25, -0.2) is 0 Å². The van der Waals surface area contributed by atoms with E-state index in [0.29, 0.717) is 4.77 Å². The van der Waals surface area contributed by atoms with Crippen molar-refractivity contribution < 1.29 is 0 Å². The van der Waals surface area contributed by atoms with Crippen LogP contribution in [0, 0.1) is 4.77 Å². The number of aromatic nitrogens is 2. The van der Waals surface area contributed by atoms with Gasteiger partial charge in [0.25, 0.3) is 5.56 Å². The second-order valence-corrected chi connectivity index (χ2v) is 7.69. The lowest BCUT2D eigenvalue weighted by Crippen LogP contribution is -2.37. The lowest BCUT2D eigenvalue weighted by Gasteiger charge is -2.27. The third-order valence-electron chi connectivity index (χ3n) is 4.23. The molecule has 1 aliphatic rings. The number of H-pyrrole nitrogens is 1. The molecule has 0 unspecified atom stereocenters. The van der Waals surface area contributed by atoms with E-state index in [2.05, 4.69) is 25.8 Å². The normalized spacial score (nSPS) is 14.9. The predicted octanol–water partition coefficient (Wildman–Crippen LogP) is 4.14. The minimum Gasteiger partial charge on any atom is -0.323 e. The van der Waals surface area contributed by atoms with E-state index in [0.717, 1.165) is 35.9 Å². The first-order valence-corrected chi connectivity index (χ1v) is 8.48. The fraction of sp³-hybridized carbons (Fsp3) is 0.600. The van der Waals surface area contributed by atoms with Crippen LogP contribution in [0.15, 0.2) is 4.79 Å². The summed E-state index contributed by atoms with van der Waals surface area (Å²) >= 11 is 7.16. The Morgan fingerprint density at radius 1 is 1.40 bits per heavy atom. The molecule has 0 aromatic carbocycles. The molecule has 0 saturated carbocycles. The van der Waals surface area contributed by atoms with Gasteiger partial charge in [0, 0.05) is 10.4 Å². The van der Waals surface area contributed by atoms with E-state index in [1.807, 2.05) is 0 Å². The van der Waals surface area contributed by atoms with Crippen molar-refractivity contribution in [2.24, 2.45) is 0 Å². The summed E-state index contributed by atoms with van der Waals surface area (Å²) in [5, 5.41) is 0.889. The highest BCUT2D eigenvalue weighted by molar-refractivity contribution is 7.71. The molecule has 0 radical (unpaired) electrons. The topological polar surface area (TPSA) is 37.8 Å². The first-order chi connectivity index (χ1) is 9.45. The highest BCUT2D eigenvalue weighted by atomic mass is 32.1. The molecule has 0 fully saturated rings. The SMILES string of the molecule is CCCC(C)(C)n1c(=S)[nH]c2sc3c(c2c1=O)CCC3. The van der Waals surface area contributed by atoms with E-state index in [-0.39, 0.29) is 11.1 Å². The number of hydrogen-bond donors (Lipinski definition) is 1. The van der Waals surface area contributed by atoms with Gasteiger partial charge in [0.05, 0.1) is 5.39 Å². The van der Waals surface area contributed by atoms with Crippen molar-refractivity contribution in [1.29, 1.82) is 0 Å². The largest absolute Gasteiger partial charge is 0.323 e. The molecule has 2 aromatic rings. The maximum Gasteiger partial charge on any atom is 0.263 e. The van der Waals surface area contributed by atoms with Crippen LogP contribution in [0.1, 0.15) is 50.5 Å². The maximum absolute atomic E-state index is 13.0. The zero-order valence-electron chi connectivity index (χ0n) is 12.2. The van der Waals surface area contributed by atoms with Gasteiger partial charge < -0.3 is 4.98 Å². The van der Waals surface area contributed by atoms with Crippen LogP contribution in [0.3, 0.4) is 0 Å². The summed E-state index contributed by atoms with van der Waals surface area (Å²) in [6, 6.07) is 0. The fourth-order valence-corrected chi connectivity index (χ4v) is 5.13. The summed E-state index contributed by atoms with van der Waals surface area (Å²) in [5.74, 6) is 0. The summed E-state index contributed by atoms with van der Waals surface area (Å²) < 4.78 is 2.35. The van der Waals surface area contributed by atoms with E-state index in [1.54, 1.807) is 15.9 Å². The zero-order valence-corrected chi connectivity index (χ0v) is 13.8. The van der Waals surface area contributed by atoms with Crippen LogP contribution in [0.4, 0.5) is 0 Å². The molecule has 1 N–H and O–H groups in total. The Bertz CT molecular complexity index is 779. The van der Waals surface area contributed by atoms with Crippen LogP contribution in [0.2, 0.25) is 0 Å². The number of aryl methyl sites for hydroxylation is 2. The van der Waals surface area contributed by atoms with Gasteiger partial charge in [-0.15, -0.1) is 11.3 Å². The van der Waals surface area contributed by atoms with Crippen LogP contribution >= 0.6 is 23.6 Å². The predicted molar refractivity (Wildman–Crippen MR) is 87.5 cm³/mol. The van der Waals surface area contributed by atoms with Crippen LogP contribution in [-0.4, -0.2) is 9.55 Å². The van der Waals surface area contributed by atoms with Crippen molar-refractivity contribution in [1.82, 2.24) is 9.55 Å². The van der Waals surface area contributed by atoms with Gasteiger partial charge in [-0.3, -0.25) is 9.36 Å². The molecule has 20 heavy (non-hydrogen) atoms. The monoisotopic (exact) mass is 308 g/mol. The van der Waals surface area contributed by atoms with Gasteiger partial charge in [0.2, 0.25) is 0 Å². The summed E-state index contributed by atoms with van der Waals surface area (Å²) in [7, 11) is 0. The number of thiophene rings is 1. The van der Waals surface area contributed by atoms with Crippen molar-refractivity contribution in [2.45, 2.75) is 58.4 Å². The number of rotatable bonds is 3. The Morgan fingerprint density at radius 2 is 2.15 bits per heavy atom. The molecule has 0 bridgehead atoms. The van der Waals surface area contributed by atoms with Gasteiger partial charge in [-0.05, 0) is 57.3 Å². The molecule has 1 aliphatic carbocycles. The first kappa shape index (κ1) is 14.0. The van der Waals surface area contributed by atoms with Crippen molar-refractivity contribution in [2.75, 3.05) is 0 Å². The van der Waals surface area contributed by atoms with Crippen molar-refractivity contribution in [3.8, 4) is 0 Å². The quantitative estimate of drug-likeness (QED) is 0.865. The lowest BCUT2D eigenvalue weighted by molar-refractivity contribution is 0.309. The molecule has 3 nitrogen and oxygen atoms in total. The average Bonchev–Trinajstić information content (AvgIpc) is 2.87. The minimum absolute atomic E-state index is 0.0987. The first-order valence-electron chi connectivity index (χ1n) is 7.26. The average molecular weight is 308 g/mol. The second-order valence-electron chi connectivity index (χ2n) is 6.19. The molecule has 0 spiro atoms. The van der Waals surface area contributed by atoms with Crippen LogP contribution in [-0.2, 0) is 18.4 Å². The van der Waals surface area contributed by atoms with Gasteiger partial charge in [-0.2, -0.15) is 0 Å². The molecule has 3 rings (SSSR count). The maximum atomic E-state index is 13.0. The summed E-state index contributed by atoms with van der Waals surface area (Å²) in [4.78, 5) is 18.6. The van der Waals surface area contributed by atoms with Crippen LogP contribution in [0.25, 0.3) is 10.2 Å². The zero-order chi connectivity index (χ0) is 14.5. The summed E-state index contributed by atoms with van der Waals surface area (Å²) in [6.07, 6.45) is 5.29. The molecule has 2 heterocycles. The molecule has 5 heteroatoms. The van der Waals surface area contributed by atoms with Crippen LogP contribution in [0.5, 0.6) is 0 Å². The van der Waals surface area contributed by atoms with Gasteiger partial charge in [0.15, 0.2) is 4.77 Å². The second kappa shape index (κ2) is 4.81. The lowest BCUT2D eigenvalue weighted by atomic mass is 9.98. The van der Waals surface area contributed by atoms with E-state index in [4.69, 9.17) is 12.2 Å². The molecule has 0 aliphatic heterocycles. The molecular formula is C15H20N2OS2. The minimum atomic E-state index is -0.235. The Morgan fingerprint density at radius 3 is 2.85 bits per heavy atom. The number of nitrogens with zero attached hydrogens (tertiary/aromatic N) is 1. The molecule has 0 amide bonds. The van der Waals surface area contributed by atoms with Crippen molar-refractivity contribution in [3.05, 3.63) is 25.6 Å². The molecule has 2 aromatic heterocycles. The number of aromatic amines is 1. The van der Waals surface area contributed by atoms with Crippen molar-refractivity contribution in [3.63, 3.8) is 0 Å². The molecular weight excluding hydrogens is 288 g/mol. The molecule has 0 atom stereocenters.